The highest BCUT2D eigenvalue weighted by molar-refractivity contribution is 4.88. The third kappa shape index (κ3) is 4.55. The molecule has 3 unspecified atom stereocenters. The first-order chi connectivity index (χ1) is 8.38. The minimum Gasteiger partial charge on any atom is -0.396 e. The molecule has 2 nitrogen and oxygen atoms in total. The Hall–Kier alpha value is -0.0800. The molecule has 1 aliphatic carbocycles. The van der Waals surface area contributed by atoms with Gasteiger partial charge in [-0.2, -0.15) is 0 Å². The predicted octanol–water partition coefficient (Wildman–Crippen LogP) is 3.54. The van der Waals surface area contributed by atoms with E-state index in [-0.39, 0.29) is 5.41 Å². The summed E-state index contributed by atoms with van der Waals surface area (Å²) in [5.74, 6) is 1.53. The number of aliphatic hydroxyl groups is 1. The van der Waals surface area contributed by atoms with Crippen molar-refractivity contribution in [3.63, 3.8) is 0 Å². The SMILES string of the molecule is CC(C)CC(C)N(C)CC1(CO)CCCC(C)C1. The molecule has 1 aliphatic rings. The Kier molecular flexibility index (Phi) is 6.13. The molecule has 0 aromatic heterocycles. The molecule has 0 amide bonds. The number of hydrogen-bond acceptors (Lipinski definition) is 2. The molecule has 1 N–H and O–H groups in total. The van der Waals surface area contributed by atoms with E-state index in [9.17, 15) is 5.11 Å². The molecule has 0 spiro atoms. The Balaban J connectivity index is 2.56. The van der Waals surface area contributed by atoms with Crippen molar-refractivity contribution in [3.05, 3.63) is 0 Å². The van der Waals surface area contributed by atoms with Crippen molar-refractivity contribution in [3.8, 4) is 0 Å². The maximum atomic E-state index is 9.85. The lowest BCUT2D eigenvalue weighted by Gasteiger charge is -2.43. The van der Waals surface area contributed by atoms with Crippen molar-refractivity contribution in [2.24, 2.45) is 17.3 Å². The summed E-state index contributed by atoms with van der Waals surface area (Å²) in [6, 6.07) is 0.616. The van der Waals surface area contributed by atoms with Gasteiger partial charge in [-0.1, -0.05) is 33.6 Å². The van der Waals surface area contributed by atoms with Crippen LogP contribution in [0.3, 0.4) is 0 Å². The van der Waals surface area contributed by atoms with E-state index < -0.39 is 0 Å². The van der Waals surface area contributed by atoms with E-state index >= 15 is 0 Å². The van der Waals surface area contributed by atoms with Crippen molar-refractivity contribution in [1.29, 1.82) is 0 Å². The van der Waals surface area contributed by atoms with Crippen LogP contribution in [0.4, 0.5) is 0 Å². The van der Waals surface area contributed by atoms with Crippen LogP contribution in [0.2, 0.25) is 0 Å². The van der Waals surface area contributed by atoms with Gasteiger partial charge in [-0.15, -0.1) is 0 Å². The predicted molar refractivity (Wildman–Crippen MR) is 78.7 cm³/mol. The normalized spacial score (nSPS) is 31.0. The van der Waals surface area contributed by atoms with Gasteiger partial charge >= 0.3 is 0 Å². The molecule has 0 radical (unpaired) electrons. The van der Waals surface area contributed by atoms with Gasteiger partial charge < -0.3 is 10.0 Å². The lowest BCUT2D eigenvalue weighted by molar-refractivity contribution is 0.0194. The highest BCUT2D eigenvalue weighted by Crippen LogP contribution is 2.39. The number of rotatable bonds is 6. The van der Waals surface area contributed by atoms with E-state index in [1.165, 1.54) is 32.1 Å². The molecule has 2 heteroatoms. The van der Waals surface area contributed by atoms with Crippen molar-refractivity contribution < 1.29 is 5.11 Å². The summed E-state index contributed by atoms with van der Waals surface area (Å²) in [6.45, 7) is 10.6. The molecule has 1 fully saturated rings. The third-order valence-corrected chi connectivity index (χ3v) is 4.67. The van der Waals surface area contributed by atoms with Crippen LogP contribution < -0.4 is 0 Å². The average molecular weight is 255 g/mol. The first-order valence-corrected chi connectivity index (χ1v) is 7.69. The lowest BCUT2D eigenvalue weighted by atomic mass is 9.70. The Labute approximate surface area is 114 Å². The maximum absolute atomic E-state index is 9.85. The summed E-state index contributed by atoms with van der Waals surface area (Å²) in [7, 11) is 2.23. The van der Waals surface area contributed by atoms with Crippen molar-refractivity contribution in [1.82, 2.24) is 4.90 Å². The largest absolute Gasteiger partial charge is 0.396 e. The van der Waals surface area contributed by atoms with Gasteiger partial charge in [0.15, 0.2) is 0 Å². The summed E-state index contributed by atoms with van der Waals surface area (Å²) in [4.78, 5) is 2.47. The molecule has 0 bridgehead atoms. The van der Waals surface area contributed by atoms with E-state index in [0.29, 0.717) is 12.6 Å². The topological polar surface area (TPSA) is 23.5 Å². The number of aliphatic hydroxyl groups excluding tert-OH is 1. The summed E-state index contributed by atoms with van der Waals surface area (Å²) in [5, 5.41) is 9.85. The monoisotopic (exact) mass is 255 g/mol. The minimum absolute atomic E-state index is 0.164. The van der Waals surface area contributed by atoms with Crippen molar-refractivity contribution in [2.75, 3.05) is 20.2 Å². The molecule has 3 atom stereocenters. The van der Waals surface area contributed by atoms with E-state index in [2.05, 4.69) is 39.6 Å². The minimum atomic E-state index is 0.164. The second-order valence-electron chi connectivity index (χ2n) is 7.25. The maximum Gasteiger partial charge on any atom is 0.0499 e. The summed E-state index contributed by atoms with van der Waals surface area (Å²) >= 11 is 0. The van der Waals surface area contributed by atoms with E-state index in [4.69, 9.17) is 0 Å². The van der Waals surface area contributed by atoms with Gasteiger partial charge in [0.25, 0.3) is 0 Å². The molecule has 0 heterocycles. The smallest absolute Gasteiger partial charge is 0.0499 e. The van der Waals surface area contributed by atoms with Gasteiger partial charge in [0.05, 0.1) is 0 Å². The standard InChI is InChI=1S/C16H33NO/c1-13(2)9-15(4)17(5)11-16(12-18)8-6-7-14(3)10-16/h13-15,18H,6-12H2,1-5H3. The second-order valence-corrected chi connectivity index (χ2v) is 7.25. The molecule has 1 rings (SSSR count). The van der Waals surface area contributed by atoms with Crippen LogP contribution in [-0.2, 0) is 0 Å². The van der Waals surface area contributed by atoms with Crippen LogP contribution in [0.1, 0.15) is 59.8 Å². The summed E-state index contributed by atoms with van der Waals surface area (Å²) in [6.07, 6.45) is 6.27. The van der Waals surface area contributed by atoms with Crippen LogP contribution in [0.15, 0.2) is 0 Å². The number of nitrogens with zero attached hydrogens (tertiary/aromatic N) is 1. The molecule has 0 aromatic rings. The van der Waals surface area contributed by atoms with Crippen molar-refractivity contribution >= 4 is 0 Å². The van der Waals surface area contributed by atoms with Gasteiger partial charge in [0.1, 0.15) is 0 Å². The van der Waals surface area contributed by atoms with E-state index in [1.54, 1.807) is 0 Å². The van der Waals surface area contributed by atoms with Crippen LogP contribution in [0.25, 0.3) is 0 Å². The van der Waals surface area contributed by atoms with Crippen LogP contribution in [-0.4, -0.2) is 36.2 Å². The second kappa shape index (κ2) is 6.91. The Bertz CT molecular complexity index is 241. The fourth-order valence-electron chi connectivity index (χ4n) is 3.65. The molecule has 0 aromatic carbocycles. The van der Waals surface area contributed by atoms with Crippen molar-refractivity contribution in [2.45, 2.75) is 65.8 Å². The molecule has 18 heavy (non-hydrogen) atoms. The molecular formula is C16H33NO. The molecule has 0 saturated heterocycles. The third-order valence-electron chi connectivity index (χ3n) is 4.67. The Morgan fingerprint density at radius 1 is 1.33 bits per heavy atom. The lowest BCUT2D eigenvalue weighted by Crippen LogP contribution is -2.44. The van der Waals surface area contributed by atoms with Crippen LogP contribution >= 0.6 is 0 Å². The zero-order chi connectivity index (χ0) is 13.8. The first kappa shape index (κ1) is 16.0. The quantitative estimate of drug-likeness (QED) is 0.784. The zero-order valence-electron chi connectivity index (χ0n) is 13.1. The highest BCUT2D eigenvalue weighted by Gasteiger charge is 2.36. The first-order valence-electron chi connectivity index (χ1n) is 7.69. The average Bonchev–Trinajstić information content (AvgIpc) is 2.28. The molecule has 0 aliphatic heterocycles. The Morgan fingerprint density at radius 3 is 2.50 bits per heavy atom. The fourth-order valence-corrected chi connectivity index (χ4v) is 3.65. The van der Waals surface area contributed by atoms with E-state index in [1.807, 2.05) is 0 Å². The van der Waals surface area contributed by atoms with Gasteiger partial charge in [-0.3, -0.25) is 0 Å². The summed E-state index contributed by atoms with van der Waals surface area (Å²) in [5.41, 5.74) is 0.164. The molecule has 1 saturated carbocycles. The Morgan fingerprint density at radius 2 is 2.00 bits per heavy atom. The summed E-state index contributed by atoms with van der Waals surface area (Å²) < 4.78 is 0. The number of hydrogen-bond donors (Lipinski definition) is 1. The van der Waals surface area contributed by atoms with Gasteiger partial charge in [-0.05, 0) is 45.1 Å². The molecular weight excluding hydrogens is 222 g/mol. The highest BCUT2D eigenvalue weighted by atomic mass is 16.3. The van der Waals surface area contributed by atoms with E-state index in [0.717, 1.165) is 18.4 Å². The fraction of sp³-hybridized carbons (Fsp3) is 1.00. The van der Waals surface area contributed by atoms with Gasteiger partial charge in [-0.25, -0.2) is 0 Å². The van der Waals surface area contributed by atoms with Gasteiger partial charge in [0.2, 0.25) is 0 Å². The zero-order valence-corrected chi connectivity index (χ0v) is 13.1. The molecule has 108 valence electrons. The van der Waals surface area contributed by atoms with Crippen LogP contribution in [0.5, 0.6) is 0 Å². The van der Waals surface area contributed by atoms with Crippen LogP contribution in [0, 0.1) is 17.3 Å². The van der Waals surface area contributed by atoms with Gasteiger partial charge in [0, 0.05) is 24.6 Å².